The fourth-order valence-electron chi connectivity index (χ4n) is 3.07. The Balaban J connectivity index is 2.19. The van der Waals surface area contributed by atoms with Crippen LogP contribution in [0.2, 0.25) is 10.0 Å². The quantitative estimate of drug-likeness (QED) is 0.466. The van der Waals surface area contributed by atoms with Gasteiger partial charge < -0.3 is 14.6 Å². The Hall–Kier alpha value is -2.83. The summed E-state index contributed by atoms with van der Waals surface area (Å²) in [4.78, 5) is 24.5. The molecule has 0 fully saturated rings. The van der Waals surface area contributed by atoms with Crippen LogP contribution in [0.5, 0.6) is 0 Å². The highest BCUT2D eigenvalue weighted by Crippen LogP contribution is 2.33. The number of carbonyl (C=O) groups is 2. The van der Waals surface area contributed by atoms with Crippen LogP contribution in [0.3, 0.4) is 0 Å². The van der Waals surface area contributed by atoms with E-state index in [0.29, 0.717) is 16.3 Å². The fraction of sp³-hybridized carbons (Fsp3) is 0.150. The summed E-state index contributed by atoms with van der Waals surface area (Å²) in [6.07, 6.45) is -2.81. The van der Waals surface area contributed by atoms with Crippen LogP contribution < -0.4 is 5.11 Å². The standard InChI is InChI=1S/C20H16Cl2N2O4/c1-11-16(18(25)14-9-8-13(21)10-15(14)22)17(24(2)23-11)19(28-20(26)27)12-6-4-3-5-7-12/h3-10,19H,1-2H3,(H,26,27)/p-1. The molecular weight excluding hydrogens is 403 g/mol. The highest BCUT2D eigenvalue weighted by molar-refractivity contribution is 6.37. The minimum absolute atomic E-state index is 0.184. The maximum atomic E-state index is 13.3. The lowest BCUT2D eigenvalue weighted by molar-refractivity contribution is -0.286. The van der Waals surface area contributed by atoms with Crippen LogP contribution in [-0.2, 0) is 11.8 Å². The number of carboxylic acid groups (broad SMARTS) is 1. The van der Waals surface area contributed by atoms with Gasteiger partial charge in [0.15, 0.2) is 5.78 Å². The molecule has 6 nitrogen and oxygen atoms in total. The summed E-state index contributed by atoms with van der Waals surface area (Å²) in [5.74, 6) is -0.412. The zero-order valence-electron chi connectivity index (χ0n) is 15.0. The number of hydrogen-bond donors (Lipinski definition) is 0. The second kappa shape index (κ2) is 8.04. The molecule has 0 bridgehead atoms. The molecule has 28 heavy (non-hydrogen) atoms. The van der Waals surface area contributed by atoms with Crippen LogP contribution >= 0.6 is 23.2 Å². The van der Waals surface area contributed by atoms with Crippen LogP contribution in [-0.4, -0.2) is 21.7 Å². The molecule has 3 rings (SSSR count). The van der Waals surface area contributed by atoms with Crippen LogP contribution in [0.25, 0.3) is 0 Å². The first-order chi connectivity index (χ1) is 13.3. The molecule has 1 heterocycles. The van der Waals surface area contributed by atoms with Crippen LogP contribution in [0.4, 0.5) is 4.79 Å². The summed E-state index contributed by atoms with van der Waals surface area (Å²) in [6.45, 7) is 1.65. The largest absolute Gasteiger partial charge is 0.535 e. The molecule has 144 valence electrons. The summed E-state index contributed by atoms with van der Waals surface area (Å²) in [5, 5.41) is 16.1. The predicted octanol–water partition coefficient (Wildman–Crippen LogP) is 3.72. The predicted molar refractivity (Wildman–Crippen MR) is 103 cm³/mol. The van der Waals surface area contributed by atoms with Crippen molar-refractivity contribution in [3.63, 3.8) is 0 Å². The number of hydrogen-bond acceptors (Lipinski definition) is 5. The van der Waals surface area contributed by atoms with E-state index in [1.807, 2.05) is 0 Å². The van der Waals surface area contributed by atoms with Crippen LogP contribution in [0.15, 0.2) is 48.5 Å². The van der Waals surface area contributed by atoms with E-state index in [-0.39, 0.29) is 21.8 Å². The molecule has 1 unspecified atom stereocenters. The van der Waals surface area contributed by atoms with Gasteiger partial charge in [-0.05, 0) is 30.7 Å². The Morgan fingerprint density at radius 3 is 2.43 bits per heavy atom. The summed E-state index contributed by atoms with van der Waals surface area (Å²) in [5.41, 5.74) is 1.66. The third kappa shape index (κ3) is 3.88. The Bertz CT molecular complexity index is 1050. The molecule has 0 saturated heterocycles. The summed E-state index contributed by atoms with van der Waals surface area (Å²) < 4.78 is 6.45. The molecule has 0 aliphatic rings. The Morgan fingerprint density at radius 2 is 1.82 bits per heavy atom. The lowest BCUT2D eigenvalue weighted by Crippen LogP contribution is -2.28. The number of ketones is 1. The molecule has 1 atom stereocenters. The Morgan fingerprint density at radius 1 is 1.14 bits per heavy atom. The van der Waals surface area contributed by atoms with Crippen molar-refractivity contribution < 1.29 is 19.4 Å². The van der Waals surface area contributed by atoms with E-state index in [2.05, 4.69) is 5.10 Å². The smallest absolute Gasteiger partial charge is 0.252 e. The number of benzene rings is 2. The van der Waals surface area contributed by atoms with Gasteiger partial charge in [0, 0.05) is 17.6 Å². The van der Waals surface area contributed by atoms with Crippen molar-refractivity contribution in [2.75, 3.05) is 0 Å². The highest BCUT2D eigenvalue weighted by atomic mass is 35.5. The molecule has 0 aliphatic heterocycles. The van der Waals surface area contributed by atoms with Gasteiger partial charge in [0.2, 0.25) is 0 Å². The lowest BCUT2D eigenvalue weighted by atomic mass is 9.96. The molecule has 1 aromatic heterocycles. The first kappa shape index (κ1) is 19.9. The van der Waals surface area contributed by atoms with Crippen molar-refractivity contribution in [2.45, 2.75) is 13.0 Å². The van der Waals surface area contributed by atoms with Crippen molar-refractivity contribution >= 4 is 35.1 Å². The monoisotopic (exact) mass is 417 g/mol. The van der Waals surface area contributed by atoms with Crippen molar-refractivity contribution in [1.29, 1.82) is 0 Å². The van der Waals surface area contributed by atoms with E-state index >= 15 is 0 Å². The maximum absolute atomic E-state index is 13.3. The first-order valence-electron chi connectivity index (χ1n) is 8.25. The van der Waals surface area contributed by atoms with E-state index in [1.54, 1.807) is 50.4 Å². The first-order valence-corrected chi connectivity index (χ1v) is 9.01. The van der Waals surface area contributed by atoms with Crippen LogP contribution in [0.1, 0.15) is 39.0 Å². The van der Waals surface area contributed by atoms with Gasteiger partial charge in [-0.25, -0.2) is 0 Å². The van der Waals surface area contributed by atoms with Gasteiger partial charge in [0.25, 0.3) is 6.16 Å². The number of rotatable bonds is 5. The summed E-state index contributed by atoms with van der Waals surface area (Å²) in [7, 11) is 1.61. The summed E-state index contributed by atoms with van der Waals surface area (Å²) in [6, 6.07) is 13.2. The lowest BCUT2D eigenvalue weighted by Gasteiger charge is -2.24. The number of ether oxygens (including phenoxy) is 1. The fourth-order valence-corrected chi connectivity index (χ4v) is 3.57. The molecule has 0 radical (unpaired) electrons. The molecule has 0 aliphatic carbocycles. The number of aromatic nitrogens is 2. The average Bonchev–Trinajstić information content (AvgIpc) is 2.93. The van der Waals surface area contributed by atoms with Gasteiger partial charge in [-0.15, -0.1) is 0 Å². The van der Waals surface area contributed by atoms with Crippen molar-refractivity contribution in [3.05, 3.63) is 86.7 Å². The van der Waals surface area contributed by atoms with Crippen molar-refractivity contribution in [1.82, 2.24) is 9.78 Å². The zero-order chi connectivity index (χ0) is 20.4. The zero-order valence-corrected chi connectivity index (χ0v) is 16.5. The van der Waals surface area contributed by atoms with E-state index in [9.17, 15) is 14.7 Å². The van der Waals surface area contributed by atoms with E-state index in [4.69, 9.17) is 27.9 Å². The third-order valence-electron chi connectivity index (χ3n) is 4.23. The van der Waals surface area contributed by atoms with Gasteiger partial charge in [0.1, 0.15) is 6.10 Å². The normalized spacial score (nSPS) is 11.9. The minimum atomic E-state index is -1.71. The van der Waals surface area contributed by atoms with Gasteiger partial charge in [-0.3, -0.25) is 9.48 Å². The highest BCUT2D eigenvalue weighted by Gasteiger charge is 2.29. The molecule has 0 amide bonds. The van der Waals surface area contributed by atoms with E-state index in [1.165, 1.54) is 16.8 Å². The molecule has 3 aromatic rings. The van der Waals surface area contributed by atoms with E-state index < -0.39 is 18.0 Å². The van der Waals surface area contributed by atoms with Crippen molar-refractivity contribution in [3.8, 4) is 0 Å². The molecule has 2 aromatic carbocycles. The Labute approximate surface area is 171 Å². The average molecular weight is 418 g/mol. The molecule has 0 N–H and O–H groups in total. The third-order valence-corrected chi connectivity index (χ3v) is 4.78. The Kier molecular flexibility index (Phi) is 5.72. The van der Waals surface area contributed by atoms with Crippen molar-refractivity contribution in [2.24, 2.45) is 7.05 Å². The van der Waals surface area contributed by atoms with Crippen LogP contribution in [0, 0.1) is 6.92 Å². The van der Waals surface area contributed by atoms with Gasteiger partial charge in [0.05, 0.1) is 22.0 Å². The molecule has 8 heteroatoms. The number of aryl methyl sites for hydroxylation is 2. The molecular formula is C20H15Cl2N2O4-. The number of carbonyl (C=O) groups excluding carboxylic acids is 2. The minimum Gasteiger partial charge on any atom is -0.535 e. The second-order valence-electron chi connectivity index (χ2n) is 6.08. The maximum Gasteiger partial charge on any atom is 0.252 e. The molecule has 0 saturated carbocycles. The van der Waals surface area contributed by atoms with Gasteiger partial charge in [-0.2, -0.15) is 5.10 Å². The SMILES string of the molecule is Cc1nn(C)c(C(OC(=O)[O-])c2ccccc2)c1C(=O)c1ccc(Cl)cc1Cl. The number of halogens is 2. The van der Waals surface area contributed by atoms with Gasteiger partial charge >= 0.3 is 0 Å². The van der Waals surface area contributed by atoms with E-state index in [0.717, 1.165) is 0 Å². The number of nitrogens with zero attached hydrogens (tertiary/aromatic N) is 2. The van der Waals surface area contributed by atoms with Gasteiger partial charge in [-0.1, -0.05) is 53.5 Å². The summed E-state index contributed by atoms with van der Waals surface area (Å²) >= 11 is 12.1. The second-order valence-corrected chi connectivity index (χ2v) is 6.92. The molecule has 0 spiro atoms. The topological polar surface area (TPSA) is 84.2 Å².